The molecule has 0 saturated heterocycles. The van der Waals surface area contributed by atoms with Crippen molar-refractivity contribution in [3.8, 4) is 0 Å². The molecule has 1 aromatic rings. The first-order chi connectivity index (χ1) is 5.97. The highest BCUT2D eigenvalue weighted by molar-refractivity contribution is 9.10. The molecule has 13 heavy (non-hydrogen) atoms. The van der Waals surface area contributed by atoms with E-state index < -0.39 is 5.54 Å². The van der Waals surface area contributed by atoms with Crippen LogP contribution in [0.1, 0.15) is 12.5 Å². The highest BCUT2D eigenvalue weighted by atomic mass is 79.9. The van der Waals surface area contributed by atoms with Crippen molar-refractivity contribution < 1.29 is 5.11 Å². The van der Waals surface area contributed by atoms with E-state index in [1.54, 1.807) is 19.2 Å². The lowest BCUT2D eigenvalue weighted by Crippen LogP contribution is -2.37. The molecule has 0 aliphatic heterocycles. The summed E-state index contributed by atoms with van der Waals surface area (Å²) in [6.07, 6.45) is 1.59. The Labute approximate surface area is 85.1 Å². The van der Waals surface area contributed by atoms with Gasteiger partial charge in [-0.2, -0.15) is 0 Å². The van der Waals surface area contributed by atoms with Crippen LogP contribution in [0.2, 0.25) is 0 Å². The van der Waals surface area contributed by atoms with Crippen LogP contribution in [-0.2, 0) is 5.54 Å². The zero-order valence-electron chi connectivity index (χ0n) is 7.29. The van der Waals surface area contributed by atoms with Gasteiger partial charge in [-0.25, -0.2) is 4.98 Å². The molecule has 0 bridgehead atoms. The fraction of sp³-hybridized carbons (Fsp3) is 0.375. The zero-order chi connectivity index (χ0) is 10.1. The Morgan fingerprint density at radius 3 is 2.85 bits per heavy atom. The molecule has 1 aromatic heterocycles. The number of aromatic nitrogens is 1. The molecule has 0 radical (unpaired) electrons. The summed E-state index contributed by atoms with van der Waals surface area (Å²) in [5.74, 6) is 0.349. The SMILES string of the molecule is C[C@](N)(CO)c1cc(Br)cnc1N. The van der Waals surface area contributed by atoms with Gasteiger partial charge in [0.25, 0.3) is 0 Å². The molecule has 0 saturated carbocycles. The first-order valence-corrected chi connectivity index (χ1v) is 4.58. The van der Waals surface area contributed by atoms with E-state index in [2.05, 4.69) is 20.9 Å². The van der Waals surface area contributed by atoms with Crippen molar-refractivity contribution in [3.63, 3.8) is 0 Å². The predicted molar refractivity (Wildman–Crippen MR) is 55.0 cm³/mol. The van der Waals surface area contributed by atoms with Gasteiger partial charge in [0.1, 0.15) is 5.82 Å². The smallest absolute Gasteiger partial charge is 0.128 e. The van der Waals surface area contributed by atoms with Crippen molar-refractivity contribution in [2.24, 2.45) is 5.73 Å². The zero-order valence-corrected chi connectivity index (χ0v) is 8.87. The number of aliphatic hydroxyl groups is 1. The van der Waals surface area contributed by atoms with Crippen molar-refractivity contribution >= 4 is 21.7 Å². The third-order valence-electron chi connectivity index (χ3n) is 1.83. The Morgan fingerprint density at radius 1 is 1.69 bits per heavy atom. The second-order valence-electron chi connectivity index (χ2n) is 3.16. The van der Waals surface area contributed by atoms with Crippen molar-refractivity contribution in [3.05, 3.63) is 22.3 Å². The standard InChI is InChI=1S/C8H12BrN3O/c1-8(11,4-13)6-2-5(9)3-12-7(6)10/h2-3,13H,4,11H2,1H3,(H2,10,12)/t8-/m0/s1. The minimum absolute atomic E-state index is 0.171. The van der Waals surface area contributed by atoms with E-state index in [9.17, 15) is 0 Å². The van der Waals surface area contributed by atoms with E-state index in [1.165, 1.54) is 0 Å². The topological polar surface area (TPSA) is 85.2 Å². The lowest BCUT2D eigenvalue weighted by atomic mass is 9.95. The molecule has 0 fully saturated rings. The van der Waals surface area contributed by atoms with Gasteiger partial charge in [-0.15, -0.1) is 0 Å². The number of aliphatic hydroxyl groups excluding tert-OH is 1. The molecule has 0 aliphatic carbocycles. The molecule has 1 rings (SSSR count). The Balaban J connectivity index is 3.20. The maximum Gasteiger partial charge on any atom is 0.128 e. The van der Waals surface area contributed by atoms with Gasteiger partial charge in [-0.1, -0.05) is 0 Å². The molecular formula is C8H12BrN3O. The Morgan fingerprint density at radius 2 is 2.31 bits per heavy atom. The van der Waals surface area contributed by atoms with E-state index in [-0.39, 0.29) is 6.61 Å². The summed E-state index contributed by atoms with van der Waals surface area (Å²) in [7, 11) is 0. The molecule has 1 heterocycles. The lowest BCUT2D eigenvalue weighted by molar-refractivity contribution is 0.210. The lowest BCUT2D eigenvalue weighted by Gasteiger charge is -2.23. The van der Waals surface area contributed by atoms with Crippen LogP contribution in [-0.4, -0.2) is 16.7 Å². The van der Waals surface area contributed by atoms with Crippen LogP contribution in [0.15, 0.2) is 16.7 Å². The maximum absolute atomic E-state index is 9.04. The van der Waals surface area contributed by atoms with E-state index in [4.69, 9.17) is 16.6 Å². The van der Waals surface area contributed by atoms with Crippen molar-refractivity contribution in [1.82, 2.24) is 4.98 Å². The van der Waals surface area contributed by atoms with Crippen LogP contribution in [0, 0.1) is 0 Å². The molecule has 4 nitrogen and oxygen atoms in total. The van der Waals surface area contributed by atoms with Crippen LogP contribution in [0.4, 0.5) is 5.82 Å². The summed E-state index contributed by atoms with van der Waals surface area (Å²) < 4.78 is 0.793. The normalized spacial score (nSPS) is 15.4. The van der Waals surface area contributed by atoms with Crippen molar-refractivity contribution in [1.29, 1.82) is 0 Å². The molecule has 5 heteroatoms. The van der Waals surface area contributed by atoms with Crippen LogP contribution in [0.3, 0.4) is 0 Å². The average molecular weight is 246 g/mol. The summed E-state index contributed by atoms with van der Waals surface area (Å²) in [5.41, 5.74) is 11.2. The highest BCUT2D eigenvalue weighted by Gasteiger charge is 2.23. The van der Waals surface area contributed by atoms with Gasteiger partial charge >= 0.3 is 0 Å². The fourth-order valence-corrected chi connectivity index (χ4v) is 1.32. The van der Waals surface area contributed by atoms with Gasteiger partial charge in [-0.05, 0) is 28.9 Å². The molecule has 0 aliphatic rings. The number of anilines is 1. The molecule has 0 unspecified atom stereocenters. The third kappa shape index (κ3) is 2.18. The van der Waals surface area contributed by atoms with Crippen LogP contribution < -0.4 is 11.5 Å². The summed E-state index contributed by atoms with van der Waals surface area (Å²) in [6, 6.07) is 1.76. The molecule has 5 N–H and O–H groups in total. The Bertz CT molecular complexity index is 314. The number of nitrogen functional groups attached to an aromatic ring is 1. The Kier molecular flexibility index (Phi) is 2.90. The van der Waals surface area contributed by atoms with Crippen LogP contribution in [0.25, 0.3) is 0 Å². The minimum atomic E-state index is -0.846. The maximum atomic E-state index is 9.04. The molecule has 0 spiro atoms. The van der Waals surface area contributed by atoms with Crippen LogP contribution >= 0.6 is 15.9 Å². The van der Waals surface area contributed by atoms with Crippen LogP contribution in [0.5, 0.6) is 0 Å². The molecule has 1 atom stereocenters. The number of halogens is 1. The highest BCUT2D eigenvalue weighted by Crippen LogP contribution is 2.24. The van der Waals surface area contributed by atoms with Crippen molar-refractivity contribution in [2.75, 3.05) is 12.3 Å². The number of rotatable bonds is 2. The first kappa shape index (κ1) is 10.4. The first-order valence-electron chi connectivity index (χ1n) is 3.78. The summed E-state index contributed by atoms with van der Waals surface area (Å²) in [4.78, 5) is 3.93. The predicted octanol–water partition coefficient (Wildman–Crippen LogP) is 0.593. The molecular weight excluding hydrogens is 234 g/mol. The van der Waals surface area contributed by atoms with E-state index in [0.29, 0.717) is 11.4 Å². The number of nitrogens with two attached hydrogens (primary N) is 2. The second kappa shape index (κ2) is 3.61. The molecule has 72 valence electrons. The monoisotopic (exact) mass is 245 g/mol. The van der Waals surface area contributed by atoms with Gasteiger partial charge in [0.05, 0.1) is 12.1 Å². The molecule has 0 amide bonds. The average Bonchev–Trinajstić information content (AvgIpc) is 2.09. The number of hydrogen-bond acceptors (Lipinski definition) is 4. The van der Waals surface area contributed by atoms with E-state index in [0.717, 1.165) is 4.47 Å². The fourth-order valence-electron chi connectivity index (χ4n) is 0.992. The summed E-state index contributed by atoms with van der Waals surface area (Å²) >= 11 is 3.26. The minimum Gasteiger partial charge on any atom is -0.394 e. The van der Waals surface area contributed by atoms with Gasteiger partial charge in [0.15, 0.2) is 0 Å². The van der Waals surface area contributed by atoms with Gasteiger partial charge < -0.3 is 16.6 Å². The number of nitrogens with zero attached hydrogens (tertiary/aromatic N) is 1. The third-order valence-corrected chi connectivity index (χ3v) is 2.26. The largest absolute Gasteiger partial charge is 0.394 e. The van der Waals surface area contributed by atoms with Crippen molar-refractivity contribution in [2.45, 2.75) is 12.5 Å². The Hall–Kier alpha value is -0.650. The van der Waals surface area contributed by atoms with Gasteiger partial charge in [0.2, 0.25) is 0 Å². The van der Waals surface area contributed by atoms with Gasteiger partial charge in [0, 0.05) is 16.2 Å². The van der Waals surface area contributed by atoms with Gasteiger partial charge in [-0.3, -0.25) is 0 Å². The number of pyridine rings is 1. The second-order valence-corrected chi connectivity index (χ2v) is 4.08. The summed E-state index contributed by atoms with van der Waals surface area (Å²) in [6.45, 7) is 1.53. The quantitative estimate of drug-likeness (QED) is 0.713. The van der Waals surface area contributed by atoms with E-state index in [1.807, 2.05) is 0 Å². The van der Waals surface area contributed by atoms with E-state index >= 15 is 0 Å². The summed E-state index contributed by atoms with van der Waals surface area (Å²) in [5, 5.41) is 9.04. The number of hydrogen-bond donors (Lipinski definition) is 3. The molecule has 0 aromatic carbocycles.